The van der Waals surface area contributed by atoms with E-state index in [9.17, 15) is 9.59 Å². The van der Waals surface area contributed by atoms with Gasteiger partial charge in [-0.3, -0.25) is 4.79 Å². The maximum absolute atomic E-state index is 12.7. The molecule has 1 saturated heterocycles. The van der Waals surface area contributed by atoms with E-state index < -0.39 is 11.9 Å². The molecular weight excluding hydrogens is 424 g/mol. The van der Waals surface area contributed by atoms with Crippen LogP contribution in [-0.2, 0) is 4.79 Å². The van der Waals surface area contributed by atoms with Gasteiger partial charge in [-0.05, 0) is 42.0 Å². The number of carbonyl (C=O) groups is 2. The standard InChI is InChI=1S/C18H14BrClN2O4/c1-25-15-7-10(13(19)9-16(15)26-2)6-14-17(23)22(18(24)21-14)12-5-3-4-11(20)8-12/h3-9H,1-2H3,(H,21,24)/b14-6-. The highest BCUT2D eigenvalue weighted by molar-refractivity contribution is 9.10. The zero-order chi connectivity index (χ0) is 18.8. The topological polar surface area (TPSA) is 67.9 Å². The molecule has 3 rings (SSSR count). The van der Waals surface area contributed by atoms with Gasteiger partial charge in [-0.1, -0.05) is 33.6 Å². The second-order valence-corrected chi connectivity index (χ2v) is 6.63. The molecule has 1 heterocycles. The molecule has 8 heteroatoms. The van der Waals surface area contributed by atoms with Crippen LogP contribution in [0.4, 0.5) is 10.5 Å². The predicted octanol–water partition coefficient (Wildman–Crippen LogP) is 4.22. The number of nitrogens with one attached hydrogen (secondary N) is 1. The van der Waals surface area contributed by atoms with Crippen LogP contribution >= 0.6 is 27.5 Å². The fourth-order valence-corrected chi connectivity index (χ4v) is 3.14. The maximum Gasteiger partial charge on any atom is 0.333 e. The molecule has 0 unspecified atom stereocenters. The molecule has 0 atom stereocenters. The Morgan fingerprint density at radius 3 is 2.46 bits per heavy atom. The van der Waals surface area contributed by atoms with Gasteiger partial charge >= 0.3 is 6.03 Å². The average molecular weight is 438 g/mol. The molecule has 2 aromatic rings. The summed E-state index contributed by atoms with van der Waals surface area (Å²) in [5, 5.41) is 3.01. The fraction of sp³-hybridized carbons (Fsp3) is 0.111. The van der Waals surface area contributed by atoms with Crippen molar-refractivity contribution in [3.05, 3.63) is 57.2 Å². The van der Waals surface area contributed by atoms with E-state index >= 15 is 0 Å². The van der Waals surface area contributed by atoms with Gasteiger partial charge in [-0.15, -0.1) is 0 Å². The molecule has 0 bridgehead atoms. The number of ether oxygens (including phenoxy) is 2. The van der Waals surface area contributed by atoms with E-state index in [-0.39, 0.29) is 5.70 Å². The van der Waals surface area contributed by atoms with E-state index in [2.05, 4.69) is 21.2 Å². The van der Waals surface area contributed by atoms with Gasteiger partial charge in [0.2, 0.25) is 0 Å². The number of rotatable bonds is 4. The van der Waals surface area contributed by atoms with E-state index in [1.807, 2.05) is 0 Å². The van der Waals surface area contributed by atoms with Gasteiger partial charge in [0.05, 0.1) is 19.9 Å². The third kappa shape index (κ3) is 3.40. The summed E-state index contributed by atoms with van der Waals surface area (Å²) in [7, 11) is 3.05. The number of benzene rings is 2. The van der Waals surface area contributed by atoms with Crippen molar-refractivity contribution in [3.63, 3.8) is 0 Å². The molecule has 0 saturated carbocycles. The van der Waals surface area contributed by atoms with Crippen molar-refractivity contribution in [1.82, 2.24) is 5.32 Å². The highest BCUT2D eigenvalue weighted by atomic mass is 79.9. The van der Waals surface area contributed by atoms with Gasteiger partial charge in [0.25, 0.3) is 5.91 Å². The summed E-state index contributed by atoms with van der Waals surface area (Å²) in [6.45, 7) is 0. The highest BCUT2D eigenvalue weighted by Crippen LogP contribution is 2.35. The molecule has 0 aromatic heterocycles. The quantitative estimate of drug-likeness (QED) is 0.574. The first-order valence-corrected chi connectivity index (χ1v) is 8.66. The first-order valence-electron chi connectivity index (χ1n) is 7.49. The van der Waals surface area contributed by atoms with E-state index in [4.69, 9.17) is 21.1 Å². The number of urea groups is 1. The molecule has 2 aromatic carbocycles. The Labute approximate surface area is 163 Å². The summed E-state index contributed by atoms with van der Waals surface area (Å²) in [4.78, 5) is 26.0. The van der Waals surface area contributed by atoms with Crippen LogP contribution in [0.2, 0.25) is 5.02 Å². The average Bonchev–Trinajstić information content (AvgIpc) is 2.89. The summed E-state index contributed by atoms with van der Waals surface area (Å²) >= 11 is 9.38. The molecule has 1 fully saturated rings. The number of hydrogen-bond donors (Lipinski definition) is 1. The molecule has 134 valence electrons. The third-order valence-electron chi connectivity index (χ3n) is 3.75. The predicted molar refractivity (Wildman–Crippen MR) is 103 cm³/mol. The third-order valence-corrected chi connectivity index (χ3v) is 4.67. The lowest BCUT2D eigenvalue weighted by atomic mass is 10.1. The van der Waals surface area contributed by atoms with Gasteiger partial charge < -0.3 is 14.8 Å². The summed E-state index contributed by atoms with van der Waals surface area (Å²) in [5.41, 5.74) is 1.19. The van der Waals surface area contributed by atoms with Crippen molar-refractivity contribution < 1.29 is 19.1 Å². The number of anilines is 1. The van der Waals surface area contributed by atoms with Crippen molar-refractivity contribution >= 4 is 51.2 Å². The van der Waals surface area contributed by atoms with Crippen LogP contribution in [0.15, 0.2) is 46.6 Å². The smallest absolute Gasteiger partial charge is 0.333 e. The summed E-state index contributed by atoms with van der Waals surface area (Å²) in [5.74, 6) is 0.578. The molecule has 26 heavy (non-hydrogen) atoms. The zero-order valence-electron chi connectivity index (χ0n) is 13.9. The van der Waals surface area contributed by atoms with Crippen LogP contribution in [0.1, 0.15) is 5.56 Å². The minimum atomic E-state index is -0.542. The fourth-order valence-electron chi connectivity index (χ4n) is 2.52. The Morgan fingerprint density at radius 1 is 1.12 bits per heavy atom. The molecule has 6 nitrogen and oxygen atoms in total. The molecule has 0 spiro atoms. The molecule has 1 aliphatic heterocycles. The first-order chi connectivity index (χ1) is 12.4. The van der Waals surface area contributed by atoms with Gasteiger partial charge in [-0.2, -0.15) is 0 Å². The highest BCUT2D eigenvalue weighted by Gasteiger charge is 2.35. The monoisotopic (exact) mass is 436 g/mol. The first kappa shape index (κ1) is 18.3. The SMILES string of the molecule is COc1cc(Br)c(/C=C2\NC(=O)N(c3cccc(Cl)c3)C2=O)cc1OC. The molecule has 0 radical (unpaired) electrons. The number of hydrogen-bond acceptors (Lipinski definition) is 4. The molecule has 1 N–H and O–H groups in total. The van der Waals surface area contributed by atoms with E-state index in [0.29, 0.717) is 32.2 Å². The van der Waals surface area contributed by atoms with E-state index in [0.717, 1.165) is 4.90 Å². The van der Waals surface area contributed by atoms with Crippen LogP contribution in [0.3, 0.4) is 0 Å². The minimum Gasteiger partial charge on any atom is -0.493 e. The molecular formula is C18H14BrClN2O4. The number of halogens is 2. The van der Waals surface area contributed by atoms with Gasteiger partial charge in [-0.25, -0.2) is 9.69 Å². The lowest BCUT2D eigenvalue weighted by Gasteiger charge is -2.12. The van der Waals surface area contributed by atoms with Gasteiger partial charge in [0.1, 0.15) is 5.70 Å². The Morgan fingerprint density at radius 2 is 1.81 bits per heavy atom. The Balaban J connectivity index is 1.98. The van der Waals surface area contributed by atoms with E-state index in [1.165, 1.54) is 14.2 Å². The lowest BCUT2D eigenvalue weighted by molar-refractivity contribution is -0.113. The molecule has 0 aliphatic carbocycles. The summed E-state index contributed by atoms with van der Waals surface area (Å²) in [6, 6.07) is 9.41. The number of carbonyl (C=O) groups excluding carboxylic acids is 2. The Bertz CT molecular complexity index is 929. The molecule has 3 amide bonds. The van der Waals surface area contributed by atoms with Crippen LogP contribution < -0.4 is 19.7 Å². The number of methoxy groups -OCH3 is 2. The van der Waals surface area contributed by atoms with Crippen LogP contribution in [-0.4, -0.2) is 26.2 Å². The zero-order valence-corrected chi connectivity index (χ0v) is 16.2. The number of amides is 3. The largest absolute Gasteiger partial charge is 0.493 e. The minimum absolute atomic E-state index is 0.142. The molecule has 1 aliphatic rings. The van der Waals surface area contributed by atoms with Crippen LogP contribution in [0.5, 0.6) is 11.5 Å². The van der Waals surface area contributed by atoms with Gasteiger partial charge in [0, 0.05) is 9.50 Å². The summed E-state index contributed by atoms with van der Waals surface area (Å²) in [6.07, 6.45) is 1.57. The van der Waals surface area contributed by atoms with Crippen molar-refractivity contribution in [1.29, 1.82) is 0 Å². The maximum atomic E-state index is 12.7. The van der Waals surface area contributed by atoms with Gasteiger partial charge in [0.15, 0.2) is 11.5 Å². The van der Waals surface area contributed by atoms with Crippen LogP contribution in [0, 0.1) is 0 Å². The number of nitrogens with zero attached hydrogens (tertiary/aromatic N) is 1. The Kier molecular flexibility index (Phi) is 5.20. The second kappa shape index (κ2) is 7.39. The summed E-state index contributed by atoms with van der Waals surface area (Å²) < 4.78 is 11.2. The number of imide groups is 1. The van der Waals surface area contributed by atoms with Crippen molar-refractivity contribution in [3.8, 4) is 11.5 Å². The van der Waals surface area contributed by atoms with Crippen molar-refractivity contribution in [2.45, 2.75) is 0 Å². The van der Waals surface area contributed by atoms with Crippen LogP contribution in [0.25, 0.3) is 6.08 Å². The normalized spacial score (nSPS) is 15.4. The van der Waals surface area contributed by atoms with Crippen molar-refractivity contribution in [2.24, 2.45) is 0 Å². The van der Waals surface area contributed by atoms with E-state index in [1.54, 1.807) is 42.5 Å². The second-order valence-electron chi connectivity index (χ2n) is 5.34. The lowest BCUT2D eigenvalue weighted by Crippen LogP contribution is -2.30. The Hall–Kier alpha value is -2.51. The van der Waals surface area contributed by atoms with Crippen molar-refractivity contribution in [2.75, 3.05) is 19.1 Å².